The minimum atomic E-state index is -0.720. The van der Waals surface area contributed by atoms with E-state index >= 15 is 0 Å². The minimum Gasteiger partial charge on any atom is -0.474 e. The van der Waals surface area contributed by atoms with E-state index in [2.05, 4.69) is 6.58 Å². The molecule has 2 atom stereocenters. The predicted octanol–water partition coefficient (Wildman–Crippen LogP) is 4.15. The van der Waals surface area contributed by atoms with E-state index in [1.54, 1.807) is 36.1 Å². The maximum atomic E-state index is 12.9. The molecule has 25 heavy (non-hydrogen) atoms. The summed E-state index contributed by atoms with van der Waals surface area (Å²) in [5.74, 6) is 0.164. The Kier molecular flexibility index (Phi) is 4.91. The van der Waals surface area contributed by atoms with Crippen molar-refractivity contribution in [2.45, 2.75) is 18.4 Å². The molecule has 128 valence electrons. The third-order valence-corrected chi connectivity index (χ3v) is 4.24. The second kappa shape index (κ2) is 7.11. The first-order valence-corrected chi connectivity index (χ1v) is 8.42. The van der Waals surface area contributed by atoms with Gasteiger partial charge < -0.3 is 9.64 Å². The number of anilines is 1. The zero-order valence-electron chi connectivity index (χ0n) is 13.8. The summed E-state index contributed by atoms with van der Waals surface area (Å²) >= 11 is 5.90. The van der Waals surface area contributed by atoms with Gasteiger partial charge in [0.2, 0.25) is 6.10 Å². The van der Waals surface area contributed by atoms with Gasteiger partial charge in [-0.3, -0.25) is 9.59 Å². The number of hydrogen-bond acceptors (Lipinski definition) is 3. The molecular weight excluding hydrogens is 338 g/mol. The molecule has 1 amide bonds. The highest BCUT2D eigenvalue weighted by Crippen LogP contribution is 2.39. The number of nitrogens with zero attached hydrogens (tertiary/aromatic N) is 1. The highest BCUT2D eigenvalue weighted by Gasteiger charge is 2.35. The van der Waals surface area contributed by atoms with Gasteiger partial charge in [0, 0.05) is 17.7 Å². The normalized spacial score (nSPS) is 17.4. The van der Waals surface area contributed by atoms with Crippen molar-refractivity contribution in [3.05, 3.63) is 72.3 Å². The van der Waals surface area contributed by atoms with E-state index in [0.717, 1.165) is 5.56 Å². The summed E-state index contributed by atoms with van der Waals surface area (Å²) in [5.41, 5.74) is 1.78. The van der Waals surface area contributed by atoms with E-state index in [1.807, 2.05) is 30.3 Å². The molecular formula is C20H18ClNO3. The van der Waals surface area contributed by atoms with Crippen LogP contribution in [0, 0.1) is 0 Å². The van der Waals surface area contributed by atoms with Gasteiger partial charge in [-0.1, -0.05) is 36.4 Å². The summed E-state index contributed by atoms with van der Waals surface area (Å²) in [4.78, 5) is 26.7. The number of ketones is 1. The van der Waals surface area contributed by atoms with E-state index in [1.165, 1.54) is 0 Å². The fourth-order valence-corrected chi connectivity index (χ4v) is 2.93. The average molecular weight is 356 g/mol. The number of carbonyl (C=O) groups is 2. The number of halogens is 1. The van der Waals surface area contributed by atoms with E-state index < -0.39 is 11.5 Å². The quantitative estimate of drug-likeness (QED) is 0.460. The Bertz CT molecular complexity index is 817. The van der Waals surface area contributed by atoms with Crippen molar-refractivity contribution in [3.63, 3.8) is 0 Å². The number of fused-ring (bicyclic) bond motifs is 1. The average Bonchev–Trinajstić information content (AvgIpc) is 2.63. The fourth-order valence-electron chi connectivity index (χ4n) is 2.80. The molecule has 0 fully saturated rings. The summed E-state index contributed by atoms with van der Waals surface area (Å²) in [6.45, 7) is 5.67. The molecule has 0 spiro atoms. The van der Waals surface area contributed by atoms with Gasteiger partial charge in [0.15, 0.2) is 5.78 Å². The maximum Gasteiger partial charge on any atom is 0.273 e. The number of carbonyl (C=O) groups excluding carboxylic acids is 2. The number of amides is 1. The van der Waals surface area contributed by atoms with Crippen LogP contribution in [0.1, 0.15) is 28.9 Å². The van der Waals surface area contributed by atoms with Crippen LogP contribution in [0.5, 0.6) is 5.75 Å². The minimum absolute atomic E-state index is 0.192. The summed E-state index contributed by atoms with van der Waals surface area (Å²) in [6.07, 6.45) is 0.926. The van der Waals surface area contributed by atoms with Gasteiger partial charge in [-0.05, 0) is 25.1 Å². The van der Waals surface area contributed by atoms with Crippen molar-refractivity contribution in [2.24, 2.45) is 0 Å². The molecule has 3 rings (SSSR count). The lowest BCUT2D eigenvalue weighted by atomic mass is 10.0. The zero-order chi connectivity index (χ0) is 18.0. The largest absolute Gasteiger partial charge is 0.474 e. The van der Waals surface area contributed by atoms with Crippen LogP contribution in [0.25, 0.3) is 0 Å². The van der Waals surface area contributed by atoms with E-state index in [9.17, 15) is 9.59 Å². The molecule has 4 nitrogen and oxygen atoms in total. The molecule has 2 aromatic rings. The fraction of sp³-hybridized carbons (Fsp3) is 0.200. The van der Waals surface area contributed by atoms with Gasteiger partial charge >= 0.3 is 0 Å². The van der Waals surface area contributed by atoms with Crippen molar-refractivity contribution in [3.8, 4) is 5.75 Å². The number of hydrogen-bond donors (Lipinski definition) is 0. The molecule has 0 radical (unpaired) electrons. The lowest BCUT2D eigenvalue weighted by Crippen LogP contribution is -2.41. The molecule has 0 saturated heterocycles. The van der Waals surface area contributed by atoms with Crippen LogP contribution in [0.15, 0.2) is 61.2 Å². The molecule has 0 aliphatic carbocycles. The van der Waals surface area contributed by atoms with Crippen LogP contribution in [0.3, 0.4) is 0 Å². The van der Waals surface area contributed by atoms with Crippen LogP contribution in [-0.4, -0.2) is 23.6 Å². The van der Waals surface area contributed by atoms with Gasteiger partial charge in [0.05, 0.1) is 11.1 Å². The van der Waals surface area contributed by atoms with Crippen LogP contribution < -0.4 is 9.64 Å². The van der Waals surface area contributed by atoms with E-state index in [0.29, 0.717) is 23.5 Å². The molecule has 2 aromatic carbocycles. The number of alkyl halides is 1. The smallest absolute Gasteiger partial charge is 0.273 e. The van der Waals surface area contributed by atoms with Crippen LogP contribution >= 0.6 is 11.6 Å². The molecule has 5 heteroatoms. The van der Waals surface area contributed by atoms with Crippen molar-refractivity contribution >= 4 is 29.0 Å². The summed E-state index contributed by atoms with van der Waals surface area (Å²) in [7, 11) is 0. The maximum absolute atomic E-state index is 12.9. The van der Waals surface area contributed by atoms with Gasteiger partial charge in [0.25, 0.3) is 5.91 Å². The molecule has 1 heterocycles. The Morgan fingerprint density at radius 2 is 2.04 bits per heavy atom. The van der Waals surface area contributed by atoms with Gasteiger partial charge in [-0.15, -0.1) is 18.2 Å². The Balaban J connectivity index is 2.05. The molecule has 0 saturated carbocycles. The third kappa shape index (κ3) is 3.30. The van der Waals surface area contributed by atoms with Crippen LogP contribution in [-0.2, 0) is 4.79 Å². The Morgan fingerprint density at radius 1 is 1.32 bits per heavy atom. The highest BCUT2D eigenvalue weighted by atomic mass is 35.5. The van der Waals surface area contributed by atoms with Crippen molar-refractivity contribution in [2.75, 3.05) is 11.4 Å². The second-order valence-corrected chi connectivity index (χ2v) is 6.46. The van der Waals surface area contributed by atoms with E-state index in [-0.39, 0.29) is 11.7 Å². The summed E-state index contributed by atoms with van der Waals surface area (Å²) in [6, 6.07) is 14.4. The molecule has 1 aliphatic heterocycles. The molecule has 2 unspecified atom stereocenters. The Hall–Kier alpha value is -2.59. The molecule has 0 aromatic heterocycles. The summed E-state index contributed by atoms with van der Waals surface area (Å²) < 4.78 is 5.93. The number of Topliss-reactive ketones (excluding diaryl/α,β-unsaturated/α-hetero) is 1. The van der Waals surface area contributed by atoms with Crippen molar-refractivity contribution < 1.29 is 14.3 Å². The van der Waals surface area contributed by atoms with Crippen LogP contribution in [0.2, 0.25) is 0 Å². The number of rotatable bonds is 5. The van der Waals surface area contributed by atoms with E-state index in [4.69, 9.17) is 16.3 Å². The first-order valence-electron chi connectivity index (χ1n) is 7.99. The van der Waals surface area contributed by atoms with Crippen LogP contribution in [0.4, 0.5) is 5.69 Å². The standard InChI is InChI=1S/C20H18ClNO3/c1-3-11-22-16-12-15(18(23)13(2)21)9-10-17(16)25-19(20(22)24)14-7-5-4-6-8-14/h3-10,12-13,19H,1,11H2,2H3. The van der Waals surface area contributed by atoms with Gasteiger partial charge in [-0.2, -0.15) is 0 Å². The molecule has 1 aliphatic rings. The molecule has 0 N–H and O–H groups in total. The van der Waals surface area contributed by atoms with Gasteiger partial charge in [0.1, 0.15) is 5.75 Å². The predicted molar refractivity (Wildman–Crippen MR) is 98.4 cm³/mol. The monoisotopic (exact) mass is 355 g/mol. The van der Waals surface area contributed by atoms with Crippen molar-refractivity contribution in [1.29, 1.82) is 0 Å². The third-order valence-electron chi connectivity index (χ3n) is 4.04. The SMILES string of the molecule is C=CCN1C(=O)C(c2ccccc2)Oc2ccc(C(=O)C(C)Cl)cc21. The number of ether oxygens (including phenoxy) is 1. The lowest BCUT2D eigenvalue weighted by molar-refractivity contribution is -0.126. The zero-order valence-corrected chi connectivity index (χ0v) is 14.6. The topological polar surface area (TPSA) is 46.6 Å². The summed E-state index contributed by atoms with van der Waals surface area (Å²) in [5, 5.41) is -0.636. The molecule has 0 bridgehead atoms. The lowest BCUT2D eigenvalue weighted by Gasteiger charge is -2.34. The van der Waals surface area contributed by atoms with Gasteiger partial charge in [-0.25, -0.2) is 0 Å². The Labute approximate surface area is 151 Å². The van der Waals surface area contributed by atoms with Crippen molar-refractivity contribution in [1.82, 2.24) is 0 Å². The number of benzene rings is 2. The first-order chi connectivity index (χ1) is 12.0. The second-order valence-electron chi connectivity index (χ2n) is 5.81. The highest BCUT2D eigenvalue weighted by molar-refractivity contribution is 6.33. The Morgan fingerprint density at radius 3 is 2.68 bits per heavy atom. The first kappa shape index (κ1) is 17.2.